The molecule has 1 unspecified atom stereocenters. The predicted molar refractivity (Wildman–Crippen MR) is 80.0 cm³/mol. The first-order valence-corrected chi connectivity index (χ1v) is 6.33. The number of amides is 1. The van der Waals surface area contributed by atoms with Gasteiger partial charge in [0.1, 0.15) is 0 Å². The molecule has 0 radical (unpaired) electrons. The third-order valence-corrected chi connectivity index (χ3v) is 2.89. The molecule has 1 aromatic carbocycles. The fourth-order valence-electron chi connectivity index (χ4n) is 1.77. The lowest BCUT2D eigenvalue weighted by molar-refractivity contribution is -0.124. The Bertz CT molecular complexity index is 430. The molecule has 114 valence electrons. The second kappa shape index (κ2) is 9.55. The summed E-state index contributed by atoms with van der Waals surface area (Å²) in [5, 5.41) is 5.78. The third-order valence-electron chi connectivity index (χ3n) is 2.89. The fourth-order valence-corrected chi connectivity index (χ4v) is 1.77. The number of methoxy groups -OCH3 is 1. The number of hydrogen-bond acceptors (Lipinski definition) is 3. The summed E-state index contributed by atoms with van der Waals surface area (Å²) in [6, 6.07) is 4.82. The summed E-state index contributed by atoms with van der Waals surface area (Å²) in [7, 11) is 3.24. The Morgan fingerprint density at radius 3 is 2.70 bits per heavy atom. The van der Waals surface area contributed by atoms with Crippen molar-refractivity contribution in [2.75, 3.05) is 27.2 Å². The number of hydrogen-bond donors (Lipinski definition) is 2. The lowest BCUT2D eigenvalue weighted by atomic mass is 10.1. The van der Waals surface area contributed by atoms with Crippen LogP contribution in [0.5, 0.6) is 5.75 Å². The minimum atomic E-state index is -0.380. The zero-order valence-electron chi connectivity index (χ0n) is 12.0. The van der Waals surface area contributed by atoms with Gasteiger partial charge >= 0.3 is 0 Å². The van der Waals surface area contributed by atoms with Crippen molar-refractivity contribution in [2.45, 2.75) is 13.3 Å². The van der Waals surface area contributed by atoms with Crippen molar-refractivity contribution in [3.05, 3.63) is 29.6 Å². The smallest absolute Gasteiger partial charge is 0.224 e. The monoisotopic (exact) mass is 304 g/mol. The summed E-state index contributed by atoms with van der Waals surface area (Å²) in [6.07, 6.45) is 0.596. The SMILES string of the molecule is CNCC(C)C(=O)NCCc1ccc(OC)c(F)c1.Cl. The molecule has 2 N–H and O–H groups in total. The summed E-state index contributed by atoms with van der Waals surface area (Å²) in [4.78, 5) is 11.6. The highest BCUT2D eigenvalue weighted by molar-refractivity contribution is 5.85. The largest absolute Gasteiger partial charge is 0.494 e. The van der Waals surface area contributed by atoms with Crippen molar-refractivity contribution >= 4 is 18.3 Å². The van der Waals surface area contributed by atoms with Gasteiger partial charge in [0.15, 0.2) is 11.6 Å². The first-order valence-electron chi connectivity index (χ1n) is 6.33. The quantitative estimate of drug-likeness (QED) is 0.807. The number of ether oxygens (including phenoxy) is 1. The topological polar surface area (TPSA) is 50.4 Å². The van der Waals surface area contributed by atoms with Crippen LogP contribution in [0.3, 0.4) is 0 Å². The van der Waals surface area contributed by atoms with Crippen molar-refractivity contribution < 1.29 is 13.9 Å². The van der Waals surface area contributed by atoms with E-state index < -0.39 is 0 Å². The average Bonchev–Trinajstić information content (AvgIpc) is 2.39. The van der Waals surface area contributed by atoms with Crippen molar-refractivity contribution in [3.8, 4) is 5.75 Å². The van der Waals surface area contributed by atoms with Gasteiger partial charge in [0.05, 0.1) is 7.11 Å². The van der Waals surface area contributed by atoms with E-state index in [9.17, 15) is 9.18 Å². The van der Waals surface area contributed by atoms with Crippen LogP contribution in [0.15, 0.2) is 18.2 Å². The van der Waals surface area contributed by atoms with Crippen LogP contribution < -0.4 is 15.4 Å². The van der Waals surface area contributed by atoms with E-state index in [1.807, 2.05) is 14.0 Å². The molecule has 1 amide bonds. The summed E-state index contributed by atoms with van der Waals surface area (Å²) in [5.41, 5.74) is 0.833. The van der Waals surface area contributed by atoms with E-state index >= 15 is 0 Å². The predicted octanol–water partition coefficient (Wildman–Crippen LogP) is 1.77. The van der Waals surface area contributed by atoms with Crippen LogP contribution in [0.4, 0.5) is 4.39 Å². The maximum atomic E-state index is 13.4. The molecule has 0 aliphatic carbocycles. The Labute approximate surface area is 125 Å². The van der Waals surface area contributed by atoms with E-state index in [2.05, 4.69) is 10.6 Å². The van der Waals surface area contributed by atoms with Crippen molar-refractivity contribution in [3.63, 3.8) is 0 Å². The normalized spacial score (nSPS) is 11.4. The van der Waals surface area contributed by atoms with Gasteiger partial charge in [0.2, 0.25) is 5.91 Å². The van der Waals surface area contributed by atoms with Gasteiger partial charge in [-0.2, -0.15) is 0 Å². The number of rotatable bonds is 7. The van der Waals surface area contributed by atoms with Gasteiger partial charge in [-0.25, -0.2) is 4.39 Å². The van der Waals surface area contributed by atoms with E-state index in [1.54, 1.807) is 12.1 Å². The van der Waals surface area contributed by atoms with Crippen molar-refractivity contribution in [1.29, 1.82) is 0 Å². The number of carbonyl (C=O) groups excluding carboxylic acids is 1. The summed E-state index contributed by atoms with van der Waals surface area (Å²) >= 11 is 0. The van der Waals surface area contributed by atoms with E-state index in [0.29, 0.717) is 19.5 Å². The minimum Gasteiger partial charge on any atom is -0.494 e. The highest BCUT2D eigenvalue weighted by atomic mass is 35.5. The summed E-state index contributed by atoms with van der Waals surface area (Å²) < 4.78 is 18.3. The lowest BCUT2D eigenvalue weighted by Crippen LogP contribution is -2.35. The molecule has 0 aliphatic heterocycles. The van der Waals surface area contributed by atoms with Crippen LogP contribution in [0.2, 0.25) is 0 Å². The van der Waals surface area contributed by atoms with Gasteiger partial charge < -0.3 is 15.4 Å². The first kappa shape index (κ1) is 18.7. The fraction of sp³-hybridized carbons (Fsp3) is 0.500. The Kier molecular flexibility index (Phi) is 8.92. The lowest BCUT2D eigenvalue weighted by Gasteiger charge is -2.11. The molecule has 0 aliphatic rings. The number of carbonyl (C=O) groups is 1. The molecule has 0 bridgehead atoms. The van der Waals surface area contributed by atoms with Gasteiger partial charge in [-0.05, 0) is 31.2 Å². The highest BCUT2D eigenvalue weighted by Crippen LogP contribution is 2.17. The van der Waals surface area contributed by atoms with Crippen LogP contribution in [0, 0.1) is 11.7 Å². The molecular formula is C14H22ClFN2O2. The molecule has 6 heteroatoms. The Morgan fingerprint density at radius 2 is 2.15 bits per heavy atom. The number of nitrogens with one attached hydrogen (secondary N) is 2. The molecule has 1 aromatic rings. The molecular weight excluding hydrogens is 283 g/mol. The van der Waals surface area contributed by atoms with E-state index in [4.69, 9.17) is 4.74 Å². The molecule has 1 rings (SSSR count). The molecule has 0 saturated carbocycles. The molecule has 0 heterocycles. The van der Waals surface area contributed by atoms with Crippen LogP contribution >= 0.6 is 12.4 Å². The molecule has 0 fully saturated rings. The van der Waals surface area contributed by atoms with Gasteiger partial charge in [0.25, 0.3) is 0 Å². The molecule has 1 atom stereocenters. The molecule has 0 aromatic heterocycles. The van der Waals surface area contributed by atoms with Crippen LogP contribution in [-0.4, -0.2) is 33.2 Å². The van der Waals surface area contributed by atoms with E-state index in [-0.39, 0.29) is 35.8 Å². The Hall–Kier alpha value is -1.33. The zero-order chi connectivity index (χ0) is 14.3. The van der Waals surface area contributed by atoms with Crippen molar-refractivity contribution in [1.82, 2.24) is 10.6 Å². The van der Waals surface area contributed by atoms with Crippen LogP contribution in [0.25, 0.3) is 0 Å². The Morgan fingerprint density at radius 1 is 1.45 bits per heavy atom. The Balaban J connectivity index is 0.00000361. The summed E-state index contributed by atoms with van der Waals surface area (Å²) in [5.74, 6) is -0.216. The second-order valence-electron chi connectivity index (χ2n) is 4.47. The number of halogens is 2. The standard InChI is InChI=1S/C14H21FN2O2.ClH/c1-10(9-16-2)14(18)17-7-6-11-4-5-13(19-3)12(15)8-11;/h4-5,8,10,16H,6-7,9H2,1-3H3,(H,17,18);1H. The maximum absolute atomic E-state index is 13.4. The molecule has 20 heavy (non-hydrogen) atoms. The molecule has 4 nitrogen and oxygen atoms in total. The van der Waals surface area contributed by atoms with E-state index in [0.717, 1.165) is 5.56 Å². The van der Waals surface area contributed by atoms with Gasteiger partial charge in [-0.3, -0.25) is 4.79 Å². The van der Waals surface area contributed by atoms with Crippen LogP contribution in [0.1, 0.15) is 12.5 Å². The van der Waals surface area contributed by atoms with E-state index in [1.165, 1.54) is 13.2 Å². The average molecular weight is 305 g/mol. The first-order chi connectivity index (χ1) is 9.08. The van der Waals surface area contributed by atoms with Gasteiger partial charge in [0, 0.05) is 19.0 Å². The molecule has 0 saturated heterocycles. The minimum absolute atomic E-state index is 0. The maximum Gasteiger partial charge on any atom is 0.224 e. The van der Waals surface area contributed by atoms with Gasteiger partial charge in [-0.15, -0.1) is 12.4 Å². The highest BCUT2D eigenvalue weighted by Gasteiger charge is 2.11. The van der Waals surface area contributed by atoms with Gasteiger partial charge in [-0.1, -0.05) is 13.0 Å². The van der Waals surface area contributed by atoms with Crippen LogP contribution in [-0.2, 0) is 11.2 Å². The third kappa shape index (κ3) is 5.75. The second-order valence-corrected chi connectivity index (χ2v) is 4.47. The zero-order valence-corrected chi connectivity index (χ0v) is 12.8. The summed E-state index contributed by atoms with van der Waals surface area (Å²) in [6.45, 7) is 3.00. The number of benzene rings is 1. The molecule has 0 spiro atoms. The van der Waals surface area contributed by atoms with Crippen molar-refractivity contribution in [2.24, 2.45) is 5.92 Å².